The Labute approximate surface area is 163 Å². The molecule has 0 spiro atoms. The standard InChI is InChI=1S/C25H30N2/c1-5-7-13-23-21-14-9-10-15-22(21)24-16-11-12-18-27(24)25(23)19-20(3)26(4)17-8-6-2/h6,8-12,14-18,23,25H,2-5,7,13,19H2,1H3/q+2/b17-8-. The lowest BCUT2D eigenvalue weighted by molar-refractivity contribution is -0.719. The second-order valence-corrected chi connectivity index (χ2v) is 7.21. The van der Waals surface area contributed by atoms with Gasteiger partial charge < -0.3 is 0 Å². The average molecular weight is 359 g/mol. The quantitative estimate of drug-likeness (QED) is 0.320. The van der Waals surface area contributed by atoms with Crippen molar-refractivity contribution in [2.75, 3.05) is 0 Å². The van der Waals surface area contributed by atoms with Gasteiger partial charge in [-0.3, -0.25) is 0 Å². The van der Waals surface area contributed by atoms with E-state index < -0.39 is 0 Å². The summed E-state index contributed by atoms with van der Waals surface area (Å²) in [4.78, 5) is 0. The minimum absolute atomic E-state index is 0.344. The fraction of sp³-hybridized carbons (Fsp3) is 0.280. The van der Waals surface area contributed by atoms with E-state index in [0.717, 1.165) is 12.1 Å². The van der Waals surface area contributed by atoms with Crippen molar-refractivity contribution in [1.29, 1.82) is 0 Å². The summed E-state index contributed by atoms with van der Waals surface area (Å²) in [7, 11) is 0. The van der Waals surface area contributed by atoms with Crippen molar-refractivity contribution >= 4 is 6.72 Å². The van der Waals surface area contributed by atoms with Crippen LogP contribution in [-0.2, 0) is 0 Å². The number of unbranched alkanes of at least 4 members (excludes halogenated alkanes) is 1. The summed E-state index contributed by atoms with van der Waals surface area (Å²) in [6.45, 7) is 14.4. The molecule has 2 unspecified atom stereocenters. The monoisotopic (exact) mass is 358 g/mol. The summed E-state index contributed by atoms with van der Waals surface area (Å²) < 4.78 is 4.31. The van der Waals surface area contributed by atoms with Gasteiger partial charge in [0.1, 0.15) is 6.72 Å². The van der Waals surface area contributed by atoms with Crippen molar-refractivity contribution in [2.24, 2.45) is 0 Å². The second-order valence-electron chi connectivity index (χ2n) is 7.21. The Morgan fingerprint density at radius 2 is 1.96 bits per heavy atom. The fourth-order valence-electron chi connectivity index (χ4n) is 4.07. The first-order chi connectivity index (χ1) is 13.2. The van der Waals surface area contributed by atoms with Gasteiger partial charge in [-0.05, 0) is 30.7 Å². The second kappa shape index (κ2) is 8.77. The molecule has 0 bridgehead atoms. The van der Waals surface area contributed by atoms with E-state index in [4.69, 9.17) is 0 Å². The molecule has 1 aromatic heterocycles. The Morgan fingerprint density at radius 3 is 2.74 bits per heavy atom. The summed E-state index contributed by atoms with van der Waals surface area (Å²) in [6.07, 6.45) is 12.3. The molecule has 0 N–H and O–H groups in total. The van der Waals surface area contributed by atoms with Gasteiger partial charge >= 0.3 is 0 Å². The SMILES string of the molecule is C=C/C=C\[N+](=C)C(=C)CC1C(CCCC)c2ccccc2-c2cccc[n+]21. The Morgan fingerprint density at radius 1 is 1.19 bits per heavy atom. The van der Waals surface area contributed by atoms with Crippen molar-refractivity contribution in [3.63, 3.8) is 0 Å². The molecule has 0 radical (unpaired) electrons. The molecule has 1 aliphatic rings. The van der Waals surface area contributed by atoms with Crippen LogP contribution in [0.15, 0.2) is 85.9 Å². The van der Waals surface area contributed by atoms with E-state index in [1.165, 1.54) is 36.1 Å². The van der Waals surface area contributed by atoms with Crippen LogP contribution in [-0.4, -0.2) is 11.3 Å². The predicted octanol–water partition coefficient (Wildman–Crippen LogP) is 5.79. The molecule has 0 saturated carbocycles. The molecule has 2 nitrogen and oxygen atoms in total. The van der Waals surface area contributed by atoms with E-state index in [2.05, 4.69) is 80.0 Å². The molecule has 1 aromatic carbocycles. The number of benzene rings is 1. The van der Waals surface area contributed by atoms with Crippen molar-refractivity contribution in [2.45, 2.75) is 44.6 Å². The van der Waals surface area contributed by atoms with Gasteiger partial charge in [-0.25, -0.2) is 0 Å². The molecule has 27 heavy (non-hydrogen) atoms. The molecule has 138 valence electrons. The summed E-state index contributed by atoms with van der Waals surface area (Å²) >= 11 is 0. The smallest absolute Gasteiger partial charge is 0.194 e. The summed E-state index contributed by atoms with van der Waals surface area (Å²) in [6, 6.07) is 15.7. The maximum Gasteiger partial charge on any atom is 0.213 e. The van der Waals surface area contributed by atoms with Crippen LogP contribution >= 0.6 is 0 Å². The summed E-state index contributed by atoms with van der Waals surface area (Å²) in [5, 5.41) is 0. The zero-order valence-electron chi connectivity index (χ0n) is 16.3. The highest BCUT2D eigenvalue weighted by molar-refractivity contribution is 5.63. The Bertz CT molecular complexity index is 875. The van der Waals surface area contributed by atoms with E-state index in [-0.39, 0.29) is 0 Å². The molecule has 0 saturated heterocycles. The van der Waals surface area contributed by atoms with Gasteiger partial charge in [-0.15, -0.1) is 0 Å². The minimum Gasteiger partial charge on any atom is -0.194 e. The zero-order valence-corrected chi connectivity index (χ0v) is 16.3. The third-order valence-electron chi connectivity index (χ3n) is 5.47. The van der Waals surface area contributed by atoms with Crippen LogP contribution in [0.2, 0.25) is 0 Å². The Kier molecular flexibility index (Phi) is 6.18. The molecule has 0 fully saturated rings. The lowest BCUT2D eigenvalue weighted by atomic mass is 9.78. The largest absolute Gasteiger partial charge is 0.213 e. The molecule has 1 aliphatic heterocycles. The topological polar surface area (TPSA) is 6.89 Å². The van der Waals surface area contributed by atoms with Crippen LogP contribution in [0.1, 0.15) is 50.1 Å². The number of aromatic nitrogens is 1. The molecular weight excluding hydrogens is 328 g/mol. The van der Waals surface area contributed by atoms with E-state index in [1.807, 2.05) is 16.9 Å². The third-order valence-corrected chi connectivity index (χ3v) is 5.47. The van der Waals surface area contributed by atoms with Crippen LogP contribution in [0.4, 0.5) is 0 Å². The van der Waals surface area contributed by atoms with Gasteiger partial charge in [0.05, 0.1) is 6.42 Å². The molecule has 0 amide bonds. The summed E-state index contributed by atoms with van der Waals surface area (Å²) in [5.41, 5.74) is 5.13. The highest BCUT2D eigenvalue weighted by Crippen LogP contribution is 2.42. The highest BCUT2D eigenvalue weighted by atomic mass is 15.0. The first-order valence-corrected chi connectivity index (χ1v) is 9.83. The number of rotatable bonds is 8. The number of fused-ring (bicyclic) bond motifs is 3. The molecule has 2 heterocycles. The van der Waals surface area contributed by atoms with Gasteiger partial charge in [0, 0.05) is 29.7 Å². The van der Waals surface area contributed by atoms with Gasteiger partial charge in [-0.1, -0.05) is 50.6 Å². The zero-order chi connectivity index (χ0) is 19.2. The van der Waals surface area contributed by atoms with E-state index in [0.29, 0.717) is 12.0 Å². The van der Waals surface area contributed by atoms with E-state index in [1.54, 1.807) is 6.08 Å². The minimum atomic E-state index is 0.344. The molecule has 3 rings (SSSR count). The number of nitrogens with zero attached hydrogens (tertiary/aromatic N) is 2. The predicted molar refractivity (Wildman–Crippen MR) is 114 cm³/mol. The Balaban J connectivity index is 2.01. The number of allylic oxidation sites excluding steroid dienone is 3. The summed E-state index contributed by atoms with van der Waals surface area (Å²) in [5.74, 6) is 0.481. The van der Waals surface area contributed by atoms with Crippen molar-refractivity contribution in [1.82, 2.24) is 0 Å². The van der Waals surface area contributed by atoms with Crippen LogP contribution in [0.25, 0.3) is 11.3 Å². The van der Waals surface area contributed by atoms with Gasteiger partial charge in [0.15, 0.2) is 24.1 Å². The first kappa shape index (κ1) is 19.0. The lowest BCUT2D eigenvalue weighted by Gasteiger charge is -2.30. The molecule has 0 aliphatic carbocycles. The van der Waals surface area contributed by atoms with Crippen molar-refractivity contribution < 1.29 is 9.14 Å². The lowest BCUT2D eigenvalue weighted by Crippen LogP contribution is -2.47. The van der Waals surface area contributed by atoms with Crippen molar-refractivity contribution in [3.05, 3.63) is 91.4 Å². The van der Waals surface area contributed by atoms with Gasteiger partial charge in [-0.2, -0.15) is 9.14 Å². The normalized spacial score (nSPS) is 18.0. The average Bonchev–Trinajstić information content (AvgIpc) is 2.71. The third kappa shape index (κ3) is 4.00. The van der Waals surface area contributed by atoms with E-state index in [9.17, 15) is 0 Å². The Hall–Kier alpha value is -2.74. The van der Waals surface area contributed by atoms with Gasteiger partial charge in [0.2, 0.25) is 5.69 Å². The van der Waals surface area contributed by atoms with Crippen LogP contribution in [0, 0.1) is 0 Å². The molecule has 2 heteroatoms. The van der Waals surface area contributed by atoms with Gasteiger partial charge in [0.25, 0.3) is 0 Å². The number of hydrogen-bond acceptors (Lipinski definition) is 0. The van der Waals surface area contributed by atoms with Crippen LogP contribution < -0.4 is 4.57 Å². The van der Waals surface area contributed by atoms with Crippen LogP contribution in [0.5, 0.6) is 0 Å². The van der Waals surface area contributed by atoms with Crippen molar-refractivity contribution in [3.8, 4) is 11.3 Å². The maximum absolute atomic E-state index is 4.31. The number of pyridine rings is 1. The first-order valence-electron chi connectivity index (χ1n) is 9.83. The van der Waals surface area contributed by atoms with Crippen LogP contribution in [0.3, 0.4) is 0 Å². The maximum atomic E-state index is 4.31. The fourth-order valence-corrected chi connectivity index (χ4v) is 4.07. The molecular formula is C25H30N2+2. The number of hydrogen-bond donors (Lipinski definition) is 0. The highest BCUT2D eigenvalue weighted by Gasteiger charge is 2.40. The molecule has 2 aromatic rings. The molecule has 2 atom stereocenters. The van der Waals surface area contributed by atoms with E-state index >= 15 is 0 Å².